The molecule has 1 saturated heterocycles. The minimum atomic E-state index is 0.105. The highest BCUT2D eigenvalue weighted by molar-refractivity contribution is 5.27. The molecule has 1 aromatic carbocycles. The number of hydrogen-bond donors (Lipinski definition) is 1. The molecule has 1 N–H and O–H groups in total. The summed E-state index contributed by atoms with van der Waals surface area (Å²) in [4.78, 5) is 2.54. The van der Waals surface area contributed by atoms with Crippen molar-refractivity contribution in [2.24, 2.45) is 0 Å². The molecule has 0 bridgehead atoms. The summed E-state index contributed by atoms with van der Waals surface area (Å²) in [5.41, 5.74) is 1.25. The summed E-state index contributed by atoms with van der Waals surface area (Å²) in [5, 5.41) is 11.9. The van der Waals surface area contributed by atoms with Gasteiger partial charge in [0.2, 0.25) is 0 Å². The summed E-state index contributed by atoms with van der Waals surface area (Å²) < 4.78 is 5.22. The Labute approximate surface area is 121 Å². The zero-order chi connectivity index (χ0) is 14.0. The van der Waals surface area contributed by atoms with Gasteiger partial charge >= 0.3 is 0 Å². The Kier molecular flexibility index (Phi) is 6.36. The van der Waals surface area contributed by atoms with Crippen LogP contribution in [0.2, 0.25) is 0 Å². The van der Waals surface area contributed by atoms with Gasteiger partial charge in [0.25, 0.3) is 0 Å². The van der Waals surface area contributed by atoms with Gasteiger partial charge in [-0.2, -0.15) is 5.26 Å². The molecule has 1 fully saturated rings. The van der Waals surface area contributed by atoms with Gasteiger partial charge in [0, 0.05) is 6.54 Å². The first-order valence-electron chi connectivity index (χ1n) is 7.40. The van der Waals surface area contributed by atoms with Gasteiger partial charge in [0.15, 0.2) is 6.61 Å². The normalized spacial score (nSPS) is 15.2. The van der Waals surface area contributed by atoms with E-state index in [0.717, 1.165) is 18.8 Å². The molecule has 0 aromatic heterocycles. The van der Waals surface area contributed by atoms with Crippen molar-refractivity contribution in [3.63, 3.8) is 0 Å². The van der Waals surface area contributed by atoms with Crippen molar-refractivity contribution in [2.75, 3.05) is 32.8 Å². The molecule has 1 aromatic rings. The van der Waals surface area contributed by atoms with Gasteiger partial charge in [-0.3, -0.25) is 0 Å². The van der Waals surface area contributed by atoms with Crippen molar-refractivity contribution in [3.05, 3.63) is 29.8 Å². The van der Waals surface area contributed by atoms with Crippen molar-refractivity contribution in [1.29, 1.82) is 5.26 Å². The number of nitrogens with one attached hydrogen (secondary N) is 1. The maximum Gasteiger partial charge on any atom is 0.174 e. The average molecular weight is 273 g/mol. The second-order valence-electron chi connectivity index (χ2n) is 5.17. The van der Waals surface area contributed by atoms with Crippen LogP contribution in [-0.2, 0) is 6.54 Å². The first-order valence-corrected chi connectivity index (χ1v) is 7.40. The summed E-state index contributed by atoms with van der Waals surface area (Å²) >= 11 is 0. The van der Waals surface area contributed by atoms with Gasteiger partial charge in [-0.05, 0) is 63.1 Å². The molecule has 0 saturated carbocycles. The van der Waals surface area contributed by atoms with Crippen molar-refractivity contribution in [3.8, 4) is 11.8 Å². The fourth-order valence-corrected chi connectivity index (χ4v) is 2.49. The molecule has 1 heterocycles. The Bertz CT molecular complexity index is 418. The Morgan fingerprint density at radius 1 is 1.20 bits per heavy atom. The van der Waals surface area contributed by atoms with Crippen LogP contribution in [0.3, 0.4) is 0 Å². The first-order chi connectivity index (χ1) is 9.88. The van der Waals surface area contributed by atoms with E-state index in [2.05, 4.69) is 10.2 Å². The zero-order valence-corrected chi connectivity index (χ0v) is 12.0. The van der Waals surface area contributed by atoms with Crippen LogP contribution < -0.4 is 10.1 Å². The lowest BCUT2D eigenvalue weighted by Gasteiger charge is -2.14. The molecule has 0 spiro atoms. The van der Waals surface area contributed by atoms with Crippen LogP contribution in [0, 0.1) is 11.3 Å². The van der Waals surface area contributed by atoms with Crippen molar-refractivity contribution in [1.82, 2.24) is 10.2 Å². The Balaban J connectivity index is 1.57. The van der Waals surface area contributed by atoms with Crippen molar-refractivity contribution in [2.45, 2.75) is 25.8 Å². The van der Waals surface area contributed by atoms with E-state index in [-0.39, 0.29) is 6.61 Å². The number of likely N-dealkylation sites (tertiary alicyclic amines) is 1. The molecule has 20 heavy (non-hydrogen) atoms. The number of rotatable bonds is 8. The monoisotopic (exact) mass is 273 g/mol. The Morgan fingerprint density at radius 2 is 1.95 bits per heavy atom. The highest BCUT2D eigenvalue weighted by atomic mass is 16.5. The molecule has 0 aliphatic carbocycles. The summed E-state index contributed by atoms with van der Waals surface area (Å²) in [6.45, 7) is 5.83. The predicted octanol–water partition coefficient (Wildman–Crippen LogP) is 2.16. The number of nitrogens with zero attached hydrogens (tertiary/aromatic N) is 2. The SMILES string of the molecule is N#CCOc1ccc(CNCCCN2CCCC2)cc1. The van der Waals surface area contributed by atoms with E-state index in [1.807, 2.05) is 30.3 Å². The van der Waals surface area contributed by atoms with Crippen LogP contribution in [0.5, 0.6) is 5.75 Å². The maximum absolute atomic E-state index is 8.44. The highest BCUT2D eigenvalue weighted by Gasteiger charge is 2.09. The van der Waals surface area contributed by atoms with E-state index in [1.165, 1.54) is 44.5 Å². The van der Waals surface area contributed by atoms with Gasteiger partial charge in [-0.15, -0.1) is 0 Å². The van der Waals surface area contributed by atoms with Crippen molar-refractivity contribution >= 4 is 0 Å². The van der Waals surface area contributed by atoms with E-state index in [1.54, 1.807) is 0 Å². The molecule has 0 unspecified atom stereocenters. The third kappa shape index (κ3) is 5.20. The molecule has 0 amide bonds. The molecule has 4 heteroatoms. The van der Waals surface area contributed by atoms with E-state index >= 15 is 0 Å². The topological polar surface area (TPSA) is 48.3 Å². The van der Waals surface area contributed by atoms with Gasteiger partial charge in [0.1, 0.15) is 11.8 Å². The predicted molar refractivity (Wildman–Crippen MR) is 79.5 cm³/mol. The number of nitriles is 1. The number of benzene rings is 1. The molecular weight excluding hydrogens is 250 g/mol. The summed E-state index contributed by atoms with van der Waals surface area (Å²) in [7, 11) is 0. The van der Waals surface area contributed by atoms with E-state index in [9.17, 15) is 0 Å². The second kappa shape index (κ2) is 8.57. The lowest BCUT2D eigenvalue weighted by atomic mass is 10.2. The number of ether oxygens (including phenoxy) is 1. The van der Waals surface area contributed by atoms with Crippen LogP contribution in [0.4, 0.5) is 0 Å². The summed E-state index contributed by atoms with van der Waals surface area (Å²) in [6.07, 6.45) is 3.95. The standard InChI is InChI=1S/C16H23N3O/c17-8-13-20-16-6-4-15(5-7-16)14-18-9-3-12-19-10-1-2-11-19/h4-7,18H,1-3,9-14H2. The molecule has 2 rings (SSSR count). The molecule has 1 aliphatic heterocycles. The fraction of sp³-hybridized carbons (Fsp3) is 0.562. The highest BCUT2D eigenvalue weighted by Crippen LogP contribution is 2.12. The third-order valence-corrected chi connectivity index (χ3v) is 3.58. The van der Waals surface area contributed by atoms with Crippen LogP contribution in [0.1, 0.15) is 24.8 Å². The second-order valence-corrected chi connectivity index (χ2v) is 5.17. The molecule has 1 aliphatic rings. The summed E-state index contributed by atoms with van der Waals surface area (Å²) in [6, 6.07) is 9.88. The lowest BCUT2D eigenvalue weighted by molar-refractivity contribution is 0.331. The minimum absolute atomic E-state index is 0.105. The zero-order valence-electron chi connectivity index (χ0n) is 12.0. The average Bonchev–Trinajstić information content (AvgIpc) is 2.99. The third-order valence-electron chi connectivity index (χ3n) is 3.58. The Hall–Kier alpha value is -1.57. The molecule has 4 nitrogen and oxygen atoms in total. The van der Waals surface area contributed by atoms with E-state index in [4.69, 9.17) is 10.00 Å². The van der Waals surface area contributed by atoms with Gasteiger partial charge in [-0.25, -0.2) is 0 Å². The molecule has 0 radical (unpaired) electrons. The van der Waals surface area contributed by atoms with Crippen LogP contribution >= 0.6 is 0 Å². The lowest BCUT2D eigenvalue weighted by Crippen LogP contribution is -2.24. The Morgan fingerprint density at radius 3 is 2.65 bits per heavy atom. The smallest absolute Gasteiger partial charge is 0.174 e. The largest absolute Gasteiger partial charge is 0.479 e. The van der Waals surface area contributed by atoms with Gasteiger partial charge < -0.3 is 15.0 Å². The summed E-state index contributed by atoms with van der Waals surface area (Å²) in [5.74, 6) is 0.754. The van der Waals surface area contributed by atoms with Crippen molar-refractivity contribution < 1.29 is 4.74 Å². The minimum Gasteiger partial charge on any atom is -0.479 e. The first kappa shape index (κ1) is 14.8. The molecule has 0 atom stereocenters. The van der Waals surface area contributed by atoms with Gasteiger partial charge in [0.05, 0.1) is 0 Å². The van der Waals surface area contributed by atoms with Crippen LogP contribution in [0.15, 0.2) is 24.3 Å². The number of hydrogen-bond acceptors (Lipinski definition) is 4. The maximum atomic E-state index is 8.44. The van der Waals surface area contributed by atoms with Crippen LogP contribution in [0.25, 0.3) is 0 Å². The van der Waals surface area contributed by atoms with Gasteiger partial charge in [-0.1, -0.05) is 12.1 Å². The molecule has 108 valence electrons. The van der Waals surface area contributed by atoms with E-state index < -0.39 is 0 Å². The van der Waals surface area contributed by atoms with Crippen LogP contribution in [-0.4, -0.2) is 37.7 Å². The molecular formula is C16H23N3O. The fourth-order valence-electron chi connectivity index (χ4n) is 2.49. The van der Waals surface area contributed by atoms with E-state index in [0.29, 0.717) is 0 Å². The quantitative estimate of drug-likeness (QED) is 0.737.